The molecule has 0 saturated carbocycles. The summed E-state index contributed by atoms with van der Waals surface area (Å²) in [5, 5.41) is 2.90. The van der Waals surface area contributed by atoms with Crippen LogP contribution < -0.4 is 5.32 Å². The minimum atomic E-state index is -0.250. The Labute approximate surface area is 124 Å². The van der Waals surface area contributed by atoms with Gasteiger partial charge in [-0.15, -0.1) is 0 Å². The van der Waals surface area contributed by atoms with E-state index < -0.39 is 0 Å². The molecular formula is C17H21FN2O. The van der Waals surface area contributed by atoms with Crippen molar-refractivity contribution in [3.05, 3.63) is 58.7 Å². The molecule has 2 aromatic rings. The first-order valence-corrected chi connectivity index (χ1v) is 7.11. The highest BCUT2D eigenvalue weighted by atomic mass is 19.1. The van der Waals surface area contributed by atoms with Crippen LogP contribution in [0.15, 0.2) is 30.3 Å². The van der Waals surface area contributed by atoms with Gasteiger partial charge in [-0.1, -0.05) is 18.2 Å². The summed E-state index contributed by atoms with van der Waals surface area (Å²) in [6.07, 6.45) is 0.719. The molecule has 3 nitrogen and oxygen atoms in total. The molecule has 4 heteroatoms. The Kier molecular flexibility index (Phi) is 4.78. The second-order valence-electron chi connectivity index (χ2n) is 5.32. The quantitative estimate of drug-likeness (QED) is 0.901. The van der Waals surface area contributed by atoms with E-state index in [2.05, 4.69) is 16.0 Å². The molecule has 112 valence electrons. The predicted octanol–water partition coefficient (Wildman–Crippen LogP) is 3.03. The number of carbonyl (C=O) groups is 1. The van der Waals surface area contributed by atoms with Crippen LogP contribution in [0.4, 0.5) is 4.39 Å². The molecule has 0 radical (unpaired) electrons. The van der Waals surface area contributed by atoms with Crippen LogP contribution in [0.2, 0.25) is 0 Å². The number of amides is 1. The molecule has 0 aliphatic carbocycles. The van der Waals surface area contributed by atoms with Gasteiger partial charge in [0, 0.05) is 31.4 Å². The summed E-state index contributed by atoms with van der Waals surface area (Å²) < 4.78 is 15.6. The van der Waals surface area contributed by atoms with Gasteiger partial charge >= 0.3 is 0 Å². The van der Waals surface area contributed by atoms with E-state index in [9.17, 15) is 9.18 Å². The van der Waals surface area contributed by atoms with E-state index in [1.165, 1.54) is 11.8 Å². The second kappa shape index (κ2) is 6.57. The largest absolute Gasteiger partial charge is 0.352 e. The van der Waals surface area contributed by atoms with Gasteiger partial charge in [0.05, 0.1) is 0 Å². The Morgan fingerprint density at radius 2 is 1.95 bits per heavy atom. The fourth-order valence-corrected chi connectivity index (χ4v) is 2.34. The Balaban J connectivity index is 1.85. The summed E-state index contributed by atoms with van der Waals surface area (Å²) >= 11 is 0. The van der Waals surface area contributed by atoms with Crippen LogP contribution in [0.3, 0.4) is 0 Å². The van der Waals surface area contributed by atoms with E-state index in [0.29, 0.717) is 24.9 Å². The molecule has 0 fully saturated rings. The van der Waals surface area contributed by atoms with Crippen molar-refractivity contribution >= 4 is 5.91 Å². The maximum absolute atomic E-state index is 13.5. The summed E-state index contributed by atoms with van der Waals surface area (Å²) in [5.74, 6) is -0.306. The summed E-state index contributed by atoms with van der Waals surface area (Å²) in [5.41, 5.74) is 4.03. The van der Waals surface area contributed by atoms with Crippen molar-refractivity contribution in [3.63, 3.8) is 0 Å². The van der Waals surface area contributed by atoms with Gasteiger partial charge in [-0.05, 0) is 43.5 Å². The zero-order chi connectivity index (χ0) is 15.4. The van der Waals surface area contributed by atoms with Gasteiger partial charge in [-0.25, -0.2) is 4.39 Å². The van der Waals surface area contributed by atoms with Crippen molar-refractivity contribution in [2.75, 3.05) is 0 Å². The SMILES string of the molecule is Cc1cc(CNC(=O)CCc2ccccc2F)c(C)n1C. The predicted molar refractivity (Wildman–Crippen MR) is 81.5 cm³/mol. The minimum Gasteiger partial charge on any atom is -0.352 e. The van der Waals surface area contributed by atoms with Gasteiger partial charge in [-0.3, -0.25) is 4.79 Å². The van der Waals surface area contributed by atoms with Crippen LogP contribution in [-0.2, 0) is 24.8 Å². The molecule has 1 amide bonds. The van der Waals surface area contributed by atoms with E-state index in [1.807, 2.05) is 20.9 Å². The lowest BCUT2D eigenvalue weighted by atomic mass is 10.1. The molecule has 1 N–H and O–H groups in total. The highest BCUT2D eigenvalue weighted by Gasteiger charge is 2.09. The maximum Gasteiger partial charge on any atom is 0.220 e. The Morgan fingerprint density at radius 3 is 2.57 bits per heavy atom. The zero-order valence-corrected chi connectivity index (χ0v) is 12.7. The number of hydrogen-bond donors (Lipinski definition) is 1. The van der Waals surface area contributed by atoms with Gasteiger partial charge < -0.3 is 9.88 Å². The third kappa shape index (κ3) is 3.72. The lowest BCUT2D eigenvalue weighted by Crippen LogP contribution is -2.23. The lowest BCUT2D eigenvalue weighted by molar-refractivity contribution is -0.121. The highest BCUT2D eigenvalue weighted by Crippen LogP contribution is 2.13. The van der Waals surface area contributed by atoms with E-state index in [4.69, 9.17) is 0 Å². The lowest BCUT2D eigenvalue weighted by Gasteiger charge is -2.06. The number of nitrogens with one attached hydrogen (secondary N) is 1. The van der Waals surface area contributed by atoms with Gasteiger partial charge in [0.2, 0.25) is 5.91 Å². The molecule has 1 aromatic heterocycles. The average Bonchev–Trinajstić information content (AvgIpc) is 2.71. The molecule has 1 aromatic carbocycles. The van der Waals surface area contributed by atoms with Gasteiger partial charge in [-0.2, -0.15) is 0 Å². The van der Waals surface area contributed by atoms with Crippen molar-refractivity contribution in [1.82, 2.24) is 9.88 Å². The molecule has 0 spiro atoms. The van der Waals surface area contributed by atoms with E-state index in [1.54, 1.807) is 18.2 Å². The van der Waals surface area contributed by atoms with Crippen LogP contribution >= 0.6 is 0 Å². The number of benzene rings is 1. The van der Waals surface area contributed by atoms with Crippen molar-refractivity contribution in [1.29, 1.82) is 0 Å². The maximum atomic E-state index is 13.5. The van der Waals surface area contributed by atoms with Crippen molar-refractivity contribution in [2.24, 2.45) is 7.05 Å². The first-order chi connectivity index (χ1) is 9.99. The third-order valence-electron chi connectivity index (χ3n) is 3.94. The average molecular weight is 288 g/mol. The number of hydrogen-bond acceptors (Lipinski definition) is 1. The number of carbonyl (C=O) groups excluding carboxylic acids is 1. The number of rotatable bonds is 5. The first-order valence-electron chi connectivity index (χ1n) is 7.11. The summed E-state index contributed by atoms with van der Waals surface area (Å²) in [7, 11) is 2.01. The summed E-state index contributed by atoms with van der Waals surface area (Å²) in [6.45, 7) is 4.59. The van der Waals surface area contributed by atoms with Crippen molar-refractivity contribution in [3.8, 4) is 0 Å². The molecule has 0 unspecified atom stereocenters. The van der Waals surface area contributed by atoms with E-state index in [-0.39, 0.29) is 11.7 Å². The third-order valence-corrected chi connectivity index (χ3v) is 3.94. The topological polar surface area (TPSA) is 34.0 Å². The molecule has 0 saturated heterocycles. The van der Waals surface area contributed by atoms with Crippen LogP contribution in [0.25, 0.3) is 0 Å². The van der Waals surface area contributed by atoms with Crippen molar-refractivity contribution in [2.45, 2.75) is 33.2 Å². The molecule has 0 aliphatic rings. The monoisotopic (exact) mass is 288 g/mol. The van der Waals surface area contributed by atoms with Crippen LogP contribution in [0.5, 0.6) is 0 Å². The number of nitrogens with zero attached hydrogens (tertiary/aromatic N) is 1. The van der Waals surface area contributed by atoms with Gasteiger partial charge in [0.15, 0.2) is 0 Å². The number of aromatic nitrogens is 1. The Morgan fingerprint density at radius 1 is 1.24 bits per heavy atom. The standard InChI is InChI=1S/C17H21FN2O/c1-12-10-15(13(2)20(12)3)11-19-17(21)9-8-14-6-4-5-7-16(14)18/h4-7,10H,8-9,11H2,1-3H3,(H,19,21). The Bertz CT molecular complexity index is 646. The summed E-state index contributed by atoms with van der Waals surface area (Å²) in [4.78, 5) is 11.9. The molecule has 1 heterocycles. The number of aryl methyl sites for hydroxylation is 2. The highest BCUT2D eigenvalue weighted by molar-refractivity contribution is 5.76. The normalized spacial score (nSPS) is 10.7. The first kappa shape index (κ1) is 15.3. The van der Waals surface area contributed by atoms with E-state index in [0.717, 1.165) is 11.3 Å². The van der Waals surface area contributed by atoms with Gasteiger partial charge in [0.25, 0.3) is 0 Å². The second-order valence-corrected chi connectivity index (χ2v) is 5.32. The molecule has 0 aliphatic heterocycles. The van der Waals surface area contributed by atoms with E-state index >= 15 is 0 Å². The summed E-state index contributed by atoms with van der Waals surface area (Å²) in [6, 6.07) is 8.65. The molecular weight excluding hydrogens is 267 g/mol. The molecule has 0 atom stereocenters. The van der Waals surface area contributed by atoms with Gasteiger partial charge in [0.1, 0.15) is 5.82 Å². The fraction of sp³-hybridized carbons (Fsp3) is 0.353. The zero-order valence-electron chi connectivity index (χ0n) is 12.7. The van der Waals surface area contributed by atoms with Crippen molar-refractivity contribution < 1.29 is 9.18 Å². The Hall–Kier alpha value is -2.10. The smallest absolute Gasteiger partial charge is 0.220 e. The molecule has 21 heavy (non-hydrogen) atoms. The van der Waals surface area contributed by atoms with Crippen LogP contribution in [-0.4, -0.2) is 10.5 Å². The van der Waals surface area contributed by atoms with Crippen LogP contribution in [0.1, 0.15) is 28.9 Å². The minimum absolute atomic E-state index is 0.0563. The molecule has 0 bridgehead atoms. The fourth-order valence-electron chi connectivity index (χ4n) is 2.34. The van der Waals surface area contributed by atoms with Crippen LogP contribution in [0, 0.1) is 19.7 Å². The number of halogens is 1. The molecule has 2 rings (SSSR count).